The zero-order valence-corrected chi connectivity index (χ0v) is 10.8. The Morgan fingerprint density at radius 2 is 2.06 bits per heavy atom. The normalized spacial score (nSPS) is 10.2. The van der Waals surface area contributed by atoms with Crippen LogP contribution in [-0.2, 0) is 11.3 Å². The second kappa shape index (κ2) is 7.68. The van der Waals surface area contributed by atoms with Crippen molar-refractivity contribution >= 4 is 11.7 Å². The van der Waals surface area contributed by atoms with Gasteiger partial charge >= 0.3 is 6.03 Å². The predicted molar refractivity (Wildman–Crippen MR) is 70.5 cm³/mol. The minimum atomic E-state index is -0.235. The molecule has 2 N–H and O–H groups in total. The largest absolute Gasteiger partial charge is 0.395 e. The fraction of sp³-hybridized carbons (Fsp3) is 0.462. The molecule has 1 rings (SSSR count). The number of benzene rings is 1. The lowest BCUT2D eigenvalue weighted by atomic mass is 10.2. The van der Waals surface area contributed by atoms with E-state index in [4.69, 9.17) is 9.84 Å². The van der Waals surface area contributed by atoms with Gasteiger partial charge in [0.2, 0.25) is 0 Å². The van der Waals surface area contributed by atoms with Crippen LogP contribution in [0.25, 0.3) is 0 Å². The molecule has 0 aliphatic rings. The van der Waals surface area contributed by atoms with Crippen molar-refractivity contribution in [1.29, 1.82) is 0 Å². The molecule has 18 heavy (non-hydrogen) atoms. The Balaban J connectivity index is 2.50. The van der Waals surface area contributed by atoms with Crippen molar-refractivity contribution in [2.45, 2.75) is 13.5 Å². The minimum absolute atomic E-state index is 0.0444. The van der Waals surface area contributed by atoms with Gasteiger partial charge in [-0.05, 0) is 24.6 Å². The summed E-state index contributed by atoms with van der Waals surface area (Å²) >= 11 is 0. The summed E-state index contributed by atoms with van der Waals surface area (Å²) in [4.78, 5) is 13.1. The highest BCUT2D eigenvalue weighted by atomic mass is 16.5. The molecule has 0 radical (unpaired) electrons. The summed E-state index contributed by atoms with van der Waals surface area (Å²) in [5, 5.41) is 11.5. The molecule has 0 aliphatic carbocycles. The Bertz CT molecular complexity index is 365. The first kappa shape index (κ1) is 14.5. The summed E-state index contributed by atoms with van der Waals surface area (Å²) in [6.07, 6.45) is 0. The van der Waals surface area contributed by atoms with Crippen molar-refractivity contribution in [3.8, 4) is 0 Å². The number of carbonyl (C=O) groups is 1. The highest BCUT2D eigenvalue weighted by Crippen LogP contribution is 2.11. The quantitative estimate of drug-likeness (QED) is 0.809. The van der Waals surface area contributed by atoms with Crippen molar-refractivity contribution in [3.63, 3.8) is 0 Å². The monoisotopic (exact) mass is 252 g/mol. The molecule has 5 nitrogen and oxygen atoms in total. The van der Waals surface area contributed by atoms with Gasteiger partial charge in [0.25, 0.3) is 0 Å². The third-order valence-electron chi connectivity index (χ3n) is 2.46. The summed E-state index contributed by atoms with van der Waals surface area (Å²) in [5.41, 5.74) is 1.80. The van der Waals surface area contributed by atoms with E-state index in [1.165, 1.54) is 4.90 Å². The molecule has 0 fully saturated rings. The van der Waals surface area contributed by atoms with Gasteiger partial charge in [-0.15, -0.1) is 0 Å². The SMILES string of the molecule is CCOCc1ccc(NC(=O)N(C)CCO)cc1. The van der Waals surface area contributed by atoms with Crippen LogP contribution < -0.4 is 5.32 Å². The number of hydrogen-bond donors (Lipinski definition) is 2. The number of urea groups is 1. The van der Waals surface area contributed by atoms with Gasteiger partial charge in [0, 0.05) is 25.9 Å². The maximum atomic E-state index is 11.6. The molecule has 100 valence electrons. The van der Waals surface area contributed by atoms with E-state index in [9.17, 15) is 4.79 Å². The van der Waals surface area contributed by atoms with Crippen LogP contribution in [-0.4, -0.2) is 42.8 Å². The zero-order valence-electron chi connectivity index (χ0n) is 10.8. The minimum Gasteiger partial charge on any atom is -0.395 e. The van der Waals surface area contributed by atoms with Crippen molar-refractivity contribution in [1.82, 2.24) is 4.90 Å². The van der Waals surface area contributed by atoms with Crippen LogP contribution in [0.15, 0.2) is 24.3 Å². The number of ether oxygens (including phenoxy) is 1. The molecule has 0 saturated carbocycles. The lowest BCUT2D eigenvalue weighted by molar-refractivity contribution is 0.134. The van der Waals surface area contributed by atoms with E-state index >= 15 is 0 Å². The zero-order chi connectivity index (χ0) is 13.4. The standard InChI is InChI=1S/C13H20N2O3/c1-3-18-10-11-4-6-12(7-5-11)14-13(17)15(2)8-9-16/h4-7,16H,3,8-10H2,1-2H3,(H,14,17). The molecule has 1 aromatic carbocycles. The predicted octanol–water partition coefficient (Wildman–Crippen LogP) is 1.68. The maximum absolute atomic E-state index is 11.6. The molecule has 2 amide bonds. The Kier molecular flexibility index (Phi) is 6.18. The molecule has 0 aliphatic heterocycles. The van der Waals surface area contributed by atoms with E-state index in [0.29, 0.717) is 19.8 Å². The number of anilines is 1. The molecular weight excluding hydrogens is 232 g/mol. The maximum Gasteiger partial charge on any atom is 0.321 e. The van der Waals surface area contributed by atoms with E-state index in [2.05, 4.69) is 5.32 Å². The van der Waals surface area contributed by atoms with E-state index in [-0.39, 0.29) is 12.6 Å². The van der Waals surface area contributed by atoms with Gasteiger partial charge in [0.05, 0.1) is 13.2 Å². The first-order valence-electron chi connectivity index (χ1n) is 5.97. The van der Waals surface area contributed by atoms with Gasteiger partial charge in [-0.3, -0.25) is 0 Å². The average Bonchev–Trinajstić information content (AvgIpc) is 2.38. The van der Waals surface area contributed by atoms with Crippen molar-refractivity contribution in [2.24, 2.45) is 0 Å². The number of nitrogens with zero attached hydrogens (tertiary/aromatic N) is 1. The van der Waals surface area contributed by atoms with Crippen LogP contribution in [0.1, 0.15) is 12.5 Å². The van der Waals surface area contributed by atoms with Gasteiger partial charge in [0.15, 0.2) is 0 Å². The second-order valence-corrected chi connectivity index (χ2v) is 3.91. The molecule has 0 atom stereocenters. The van der Waals surface area contributed by atoms with Crippen LogP contribution in [0.3, 0.4) is 0 Å². The van der Waals surface area contributed by atoms with Crippen LogP contribution in [0.5, 0.6) is 0 Å². The van der Waals surface area contributed by atoms with Crippen molar-refractivity contribution < 1.29 is 14.6 Å². The summed E-state index contributed by atoms with van der Waals surface area (Å²) in [5.74, 6) is 0. The van der Waals surface area contributed by atoms with E-state index in [1.807, 2.05) is 31.2 Å². The van der Waals surface area contributed by atoms with E-state index < -0.39 is 0 Å². The number of aliphatic hydroxyl groups excluding tert-OH is 1. The number of rotatable bonds is 6. The number of aliphatic hydroxyl groups is 1. The molecule has 0 saturated heterocycles. The van der Waals surface area contributed by atoms with Crippen LogP contribution in [0, 0.1) is 0 Å². The summed E-state index contributed by atoms with van der Waals surface area (Å²) < 4.78 is 5.29. The highest BCUT2D eigenvalue weighted by Gasteiger charge is 2.07. The third kappa shape index (κ3) is 4.73. The topological polar surface area (TPSA) is 61.8 Å². The average molecular weight is 252 g/mol. The number of amides is 2. The third-order valence-corrected chi connectivity index (χ3v) is 2.46. The Morgan fingerprint density at radius 3 is 2.61 bits per heavy atom. The van der Waals surface area contributed by atoms with Gasteiger partial charge in [-0.25, -0.2) is 4.79 Å². The van der Waals surface area contributed by atoms with Gasteiger partial charge < -0.3 is 20.1 Å². The van der Waals surface area contributed by atoms with Crippen molar-refractivity contribution in [3.05, 3.63) is 29.8 Å². The molecule has 0 unspecified atom stereocenters. The highest BCUT2D eigenvalue weighted by molar-refractivity contribution is 5.89. The van der Waals surface area contributed by atoms with Gasteiger partial charge in [-0.1, -0.05) is 12.1 Å². The molecule has 1 aromatic rings. The Labute approximate surface area is 107 Å². The fourth-order valence-electron chi connectivity index (χ4n) is 1.37. The van der Waals surface area contributed by atoms with Crippen molar-refractivity contribution in [2.75, 3.05) is 32.1 Å². The van der Waals surface area contributed by atoms with Crippen LogP contribution in [0.4, 0.5) is 10.5 Å². The van der Waals surface area contributed by atoms with E-state index in [1.54, 1.807) is 7.05 Å². The smallest absolute Gasteiger partial charge is 0.321 e. The Morgan fingerprint density at radius 1 is 1.39 bits per heavy atom. The summed E-state index contributed by atoms with van der Waals surface area (Å²) in [6, 6.07) is 7.26. The number of carbonyl (C=O) groups excluding carboxylic acids is 1. The molecule has 0 bridgehead atoms. The Hall–Kier alpha value is -1.59. The van der Waals surface area contributed by atoms with Gasteiger partial charge in [-0.2, -0.15) is 0 Å². The summed E-state index contributed by atoms with van der Waals surface area (Å²) in [6.45, 7) is 3.48. The molecule has 0 spiro atoms. The molecule has 5 heteroatoms. The van der Waals surface area contributed by atoms with Gasteiger partial charge in [0.1, 0.15) is 0 Å². The van der Waals surface area contributed by atoms with Crippen LogP contribution >= 0.6 is 0 Å². The molecule has 0 heterocycles. The van der Waals surface area contributed by atoms with Crippen LogP contribution in [0.2, 0.25) is 0 Å². The molecular formula is C13H20N2O3. The lowest BCUT2D eigenvalue weighted by Gasteiger charge is -2.16. The number of hydrogen-bond acceptors (Lipinski definition) is 3. The lowest BCUT2D eigenvalue weighted by Crippen LogP contribution is -2.33. The first-order valence-corrected chi connectivity index (χ1v) is 5.97. The summed E-state index contributed by atoms with van der Waals surface area (Å²) in [7, 11) is 1.63. The first-order chi connectivity index (χ1) is 8.67. The second-order valence-electron chi connectivity index (χ2n) is 3.91. The fourth-order valence-corrected chi connectivity index (χ4v) is 1.37. The van der Waals surface area contributed by atoms with E-state index in [0.717, 1.165) is 11.3 Å². The molecule has 0 aromatic heterocycles. The number of nitrogens with one attached hydrogen (secondary N) is 1. The number of likely N-dealkylation sites (N-methyl/N-ethyl adjacent to an activating group) is 1.